The summed E-state index contributed by atoms with van der Waals surface area (Å²) in [7, 11) is 0. The van der Waals surface area contributed by atoms with Gasteiger partial charge in [-0.15, -0.1) is 22.0 Å². The summed E-state index contributed by atoms with van der Waals surface area (Å²) in [4.78, 5) is 4.25. The maximum Gasteiger partial charge on any atom is 0.222 e. The zero-order chi connectivity index (χ0) is 12.3. The van der Waals surface area contributed by atoms with Gasteiger partial charge in [0.1, 0.15) is 5.75 Å². The van der Waals surface area contributed by atoms with Gasteiger partial charge >= 0.3 is 0 Å². The molecule has 0 aromatic heterocycles. The van der Waals surface area contributed by atoms with E-state index in [1.54, 1.807) is 23.9 Å². The highest BCUT2D eigenvalue weighted by Crippen LogP contribution is 2.28. The molecule has 0 radical (unpaired) electrons. The molecule has 0 fully saturated rings. The molecule has 1 aliphatic heterocycles. The molecular formula is C9H9ClN4OS2. The number of phenols is 1. The molecule has 8 heteroatoms. The van der Waals surface area contributed by atoms with Crippen LogP contribution in [-0.2, 0) is 0 Å². The molecule has 1 heterocycles. The molecular weight excluding hydrogens is 280 g/mol. The van der Waals surface area contributed by atoms with Crippen LogP contribution in [0.3, 0.4) is 0 Å². The lowest BCUT2D eigenvalue weighted by Crippen LogP contribution is -2.09. The second-order valence-corrected chi connectivity index (χ2v) is 5.19. The summed E-state index contributed by atoms with van der Waals surface area (Å²) in [6, 6.07) is 4.65. The number of nitrogens with zero attached hydrogens (tertiary/aromatic N) is 3. The average molecular weight is 289 g/mol. The van der Waals surface area contributed by atoms with E-state index in [1.807, 2.05) is 6.26 Å². The van der Waals surface area contributed by atoms with Crippen LogP contribution in [0, 0.1) is 0 Å². The van der Waals surface area contributed by atoms with Gasteiger partial charge in [0.25, 0.3) is 0 Å². The van der Waals surface area contributed by atoms with Crippen LogP contribution in [0.5, 0.6) is 5.75 Å². The van der Waals surface area contributed by atoms with Gasteiger partial charge in [-0.1, -0.05) is 11.6 Å². The zero-order valence-corrected chi connectivity index (χ0v) is 11.2. The van der Waals surface area contributed by atoms with Crippen LogP contribution in [0.15, 0.2) is 33.4 Å². The third-order valence-corrected chi connectivity index (χ3v) is 3.72. The smallest absolute Gasteiger partial charge is 0.222 e. The molecule has 2 N–H and O–H groups in total. The van der Waals surface area contributed by atoms with Crippen LogP contribution in [0.4, 0.5) is 5.69 Å². The van der Waals surface area contributed by atoms with E-state index in [9.17, 15) is 5.11 Å². The summed E-state index contributed by atoms with van der Waals surface area (Å²) in [6.45, 7) is 0. The van der Waals surface area contributed by atoms with E-state index >= 15 is 0 Å². The van der Waals surface area contributed by atoms with Crippen LogP contribution in [0.25, 0.3) is 0 Å². The van der Waals surface area contributed by atoms with Crippen molar-refractivity contribution >= 4 is 46.2 Å². The first kappa shape index (κ1) is 12.7. The van der Waals surface area contributed by atoms with E-state index in [2.05, 4.69) is 19.9 Å². The first-order valence-electron chi connectivity index (χ1n) is 4.62. The van der Waals surface area contributed by atoms with Crippen molar-refractivity contribution in [1.82, 2.24) is 4.72 Å². The standard InChI is InChI=1S/C9H9ClN4OS2/c1-16-9-11-8(17-14-9)13-12-5-2-3-7(15)6(10)4-5/h2-4,9,14-15H,1H3/b13-12+. The molecule has 90 valence electrons. The van der Waals surface area contributed by atoms with Crippen molar-refractivity contribution in [3.05, 3.63) is 23.2 Å². The predicted octanol–water partition coefficient (Wildman–Crippen LogP) is 3.38. The molecule has 0 saturated heterocycles. The highest BCUT2D eigenvalue weighted by molar-refractivity contribution is 8.13. The van der Waals surface area contributed by atoms with Gasteiger partial charge in [-0.05, 0) is 24.5 Å². The van der Waals surface area contributed by atoms with Crippen molar-refractivity contribution in [1.29, 1.82) is 0 Å². The van der Waals surface area contributed by atoms with Crippen LogP contribution in [0.1, 0.15) is 0 Å². The number of azo groups is 1. The third-order valence-electron chi connectivity index (χ3n) is 1.88. The van der Waals surface area contributed by atoms with Gasteiger partial charge in [-0.2, -0.15) is 0 Å². The summed E-state index contributed by atoms with van der Waals surface area (Å²) in [5.41, 5.74) is 0.598. The number of aromatic hydroxyl groups is 1. The maximum absolute atomic E-state index is 9.25. The molecule has 0 saturated carbocycles. The van der Waals surface area contributed by atoms with Crippen LogP contribution >= 0.6 is 35.3 Å². The lowest BCUT2D eigenvalue weighted by Gasteiger charge is -1.97. The van der Waals surface area contributed by atoms with Crippen LogP contribution in [-0.4, -0.2) is 22.0 Å². The number of hydrogen-bond acceptors (Lipinski definition) is 7. The number of nitrogens with one attached hydrogen (secondary N) is 1. The first-order chi connectivity index (χ1) is 8.19. The molecule has 0 amide bonds. The Kier molecular flexibility index (Phi) is 4.27. The predicted molar refractivity (Wildman–Crippen MR) is 73.1 cm³/mol. The molecule has 2 rings (SSSR count). The lowest BCUT2D eigenvalue weighted by molar-refractivity contribution is 0.475. The minimum atomic E-state index is 0.0253. The number of halogens is 1. The Morgan fingerprint density at radius 3 is 3.00 bits per heavy atom. The fourth-order valence-electron chi connectivity index (χ4n) is 1.06. The van der Waals surface area contributed by atoms with Gasteiger partial charge in [0.15, 0.2) is 5.50 Å². The summed E-state index contributed by atoms with van der Waals surface area (Å²) in [5.74, 6) is 0.0299. The van der Waals surface area contributed by atoms with Crippen molar-refractivity contribution in [3.8, 4) is 5.75 Å². The Hall–Kier alpha value is -0.760. The molecule has 1 aromatic rings. The summed E-state index contributed by atoms with van der Waals surface area (Å²) in [6.07, 6.45) is 1.96. The normalized spacial score (nSPS) is 19.9. The Morgan fingerprint density at radius 1 is 1.53 bits per heavy atom. The van der Waals surface area contributed by atoms with Crippen molar-refractivity contribution in [2.75, 3.05) is 6.26 Å². The van der Waals surface area contributed by atoms with Gasteiger partial charge in [0.2, 0.25) is 5.17 Å². The van der Waals surface area contributed by atoms with E-state index in [-0.39, 0.29) is 16.3 Å². The van der Waals surface area contributed by atoms with E-state index in [4.69, 9.17) is 11.6 Å². The molecule has 5 nitrogen and oxygen atoms in total. The second-order valence-electron chi connectivity index (χ2n) is 3.06. The Labute approximate surface area is 112 Å². The number of hydrogen-bond donors (Lipinski definition) is 2. The summed E-state index contributed by atoms with van der Waals surface area (Å²) >= 11 is 8.68. The zero-order valence-electron chi connectivity index (χ0n) is 8.79. The van der Waals surface area contributed by atoms with E-state index < -0.39 is 0 Å². The second kappa shape index (κ2) is 5.72. The minimum absolute atomic E-state index is 0.0253. The van der Waals surface area contributed by atoms with Gasteiger partial charge < -0.3 is 5.11 Å². The minimum Gasteiger partial charge on any atom is -0.506 e. The number of amidine groups is 1. The van der Waals surface area contributed by atoms with E-state index in [0.29, 0.717) is 10.9 Å². The third kappa shape index (κ3) is 3.35. The maximum atomic E-state index is 9.25. The van der Waals surface area contributed by atoms with E-state index in [0.717, 1.165) is 0 Å². The molecule has 0 bridgehead atoms. The Morgan fingerprint density at radius 2 is 2.35 bits per heavy atom. The van der Waals surface area contributed by atoms with Crippen molar-refractivity contribution in [2.45, 2.75) is 5.50 Å². The number of phenolic OH excluding ortho intramolecular Hbond substituents is 1. The largest absolute Gasteiger partial charge is 0.506 e. The number of rotatable bonds is 2. The van der Waals surface area contributed by atoms with Gasteiger partial charge in [0.05, 0.1) is 10.7 Å². The Bertz CT molecular complexity index is 480. The summed E-state index contributed by atoms with van der Waals surface area (Å²) < 4.78 is 3.07. The number of benzene rings is 1. The van der Waals surface area contributed by atoms with Gasteiger partial charge in [-0.3, -0.25) is 0 Å². The molecule has 0 aliphatic carbocycles. The fraction of sp³-hybridized carbons (Fsp3) is 0.222. The molecule has 1 aliphatic rings. The number of thioether (sulfide) groups is 1. The lowest BCUT2D eigenvalue weighted by atomic mass is 10.3. The number of aliphatic imine (C=N–C) groups is 1. The first-order valence-corrected chi connectivity index (χ1v) is 7.10. The summed E-state index contributed by atoms with van der Waals surface area (Å²) in [5, 5.41) is 18.0. The van der Waals surface area contributed by atoms with Crippen molar-refractivity contribution < 1.29 is 5.11 Å². The SMILES string of the molecule is CSC1N=C(/N=N/c2ccc(O)c(Cl)c2)SN1. The topological polar surface area (TPSA) is 69.3 Å². The van der Waals surface area contributed by atoms with Crippen molar-refractivity contribution in [2.24, 2.45) is 15.2 Å². The molecule has 0 spiro atoms. The fourth-order valence-corrected chi connectivity index (χ4v) is 2.54. The monoisotopic (exact) mass is 288 g/mol. The highest BCUT2D eigenvalue weighted by atomic mass is 35.5. The van der Waals surface area contributed by atoms with Crippen molar-refractivity contribution in [3.63, 3.8) is 0 Å². The highest BCUT2D eigenvalue weighted by Gasteiger charge is 2.15. The average Bonchev–Trinajstić information content (AvgIpc) is 2.79. The van der Waals surface area contributed by atoms with Crippen LogP contribution < -0.4 is 4.72 Å². The van der Waals surface area contributed by atoms with Gasteiger partial charge in [0, 0.05) is 11.9 Å². The van der Waals surface area contributed by atoms with E-state index in [1.165, 1.54) is 18.0 Å². The molecule has 17 heavy (non-hydrogen) atoms. The van der Waals surface area contributed by atoms with Crippen LogP contribution in [0.2, 0.25) is 5.02 Å². The van der Waals surface area contributed by atoms with Gasteiger partial charge in [-0.25, -0.2) is 9.71 Å². The molecule has 1 atom stereocenters. The quantitative estimate of drug-likeness (QED) is 0.646. The molecule has 1 aromatic carbocycles. The Balaban J connectivity index is 2.08. The molecule has 1 unspecified atom stereocenters.